The first-order valence-electron chi connectivity index (χ1n) is 9.33. The van der Waals surface area contributed by atoms with Crippen LogP contribution in [0.5, 0.6) is 5.75 Å². The number of rotatable bonds is 7. The molecule has 1 N–H and O–H groups in total. The van der Waals surface area contributed by atoms with Crippen molar-refractivity contribution in [2.24, 2.45) is 0 Å². The number of aromatic nitrogens is 2. The molecule has 1 amide bonds. The van der Waals surface area contributed by atoms with Crippen molar-refractivity contribution in [1.82, 2.24) is 9.78 Å². The van der Waals surface area contributed by atoms with Gasteiger partial charge in [0.15, 0.2) is 11.6 Å². The zero-order chi connectivity index (χ0) is 22.7. The van der Waals surface area contributed by atoms with E-state index in [1.165, 1.54) is 18.2 Å². The number of hydrogen-bond donors (Lipinski definition) is 1. The Morgan fingerprint density at radius 3 is 2.59 bits per heavy atom. The van der Waals surface area contributed by atoms with Gasteiger partial charge in [-0.05, 0) is 48.0 Å². The topological polar surface area (TPSA) is 69.3 Å². The quantitative estimate of drug-likeness (QED) is 0.320. The molecule has 6 nitrogen and oxygen atoms in total. The molecule has 0 aliphatic heterocycles. The molecule has 0 unspecified atom stereocenters. The Hall–Kier alpha value is -3.00. The third kappa shape index (κ3) is 5.43. The largest absolute Gasteiger partial charge is 0.484 e. The maximum Gasteiger partial charge on any atom is 0.292 e. The first-order valence-corrected chi connectivity index (χ1v) is 10.5. The van der Waals surface area contributed by atoms with E-state index in [2.05, 4.69) is 10.4 Å². The maximum atomic E-state index is 13.0. The lowest BCUT2D eigenvalue weighted by molar-refractivity contribution is 0.0992. The van der Waals surface area contributed by atoms with Crippen LogP contribution < -0.4 is 10.1 Å². The number of nitrogens with one attached hydrogen (secondary N) is 1. The highest BCUT2D eigenvalue weighted by molar-refractivity contribution is 6.35. The Labute approximate surface area is 197 Å². The zero-order valence-electron chi connectivity index (χ0n) is 16.3. The van der Waals surface area contributed by atoms with E-state index in [1.807, 2.05) is 0 Å². The maximum absolute atomic E-state index is 13.0. The lowest BCUT2D eigenvalue weighted by Gasteiger charge is -2.06. The van der Waals surface area contributed by atoms with Crippen LogP contribution in [-0.4, -0.2) is 15.7 Å². The van der Waals surface area contributed by atoms with Crippen LogP contribution in [0.25, 0.3) is 0 Å². The van der Waals surface area contributed by atoms with Gasteiger partial charge in [-0.3, -0.25) is 9.48 Å². The summed E-state index contributed by atoms with van der Waals surface area (Å²) in [6.07, 6.45) is 1.57. The SMILES string of the molecule is O=C(Nc1nn(Cc2ccc(F)cc2)cc1Cl)c1ccc(COc2ccc(Cl)cc2Cl)o1. The summed E-state index contributed by atoms with van der Waals surface area (Å²) >= 11 is 18.1. The molecule has 0 saturated heterocycles. The molecule has 2 heterocycles. The molecule has 0 radical (unpaired) electrons. The second-order valence-electron chi connectivity index (χ2n) is 6.73. The lowest BCUT2D eigenvalue weighted by Crippen LogP contribution is -2.12. The first kappa shape index (κ1) is 22.2. The van der Waals surface area contributed by atoms with Gasteiger partial charge < -0.3 is 14.5 Å². The number of ether oxygens (including phenoxy) is 1. The highest BCUT2D eigenvalue weighted by atomic mass is 35.5. The fourth-order valence-corrected chi connectivity index (χ4v) is 3.49. The van der Waals surface area contributed by atoms with Gasteiger partial charge in [-0.25, -0.2) is 4.39 Å². The molecule has 0 fully saturated rings. The Morgan fingerprint density at radius 1 is 1.06 bits per heavy atom. The van der Waals surface area contributed by atoms with Crippen LogP contribution >= 0.6 is 34.8 Å². The van der Waals surface area contributed by atoms with Crippen molar-refractivity contribution in [1.29, 1.82) is 0 Å². The van der Waals surface area contributed by atoms with Crippen molar-refractivity contribution in [2.45, 2.75) is 13.2 Å². The molecule has 2 aromatic carbocycles. The summed E-state index contributed by atoms with van der Waals surface area (Å²) in [5, 5.41) is 7.99. The molecule has 10 heteroatoms. The molecule has 0 spiro atoms. The van der Waals surface area contributed by atoms with Crippen molar-refractivity contribution in [2.75, 3.05) is 5.32 Å². The van der Waals surface area contributed by atoms with E-state index in [0.29, 0.717) is 28.1 Å². The Bertz CT molecular complexity index is 1260. The predicted molar refractivity (Wildman–Crippen MR) is 120 cm³/mol. The molecule has 32 heavy (non-hydrogen) atoms. The standard InChI is InChI=1S/C22H15Cl3FN3O3/c23-14-3-7-19(17(24)9-14)31-12-16-6-8-20(32-16)22(30)27-21-18(25)11-29(28-21)10-13-1-4-15(26)5-2-13/h1-9,11H,10,12H2,(H,27,28,30). The van der Waals surface area contributed by atoms with Crippen molar-refractivity contribution in [3.63, 3.8) is 0 Å². The molecule has 4 rings (SSSR count). The summed E-state index contributed by atoms with van der Waals surface area (Å²) < 4.78 is 25.7. The van der Waals surface area contributed by atoms with Gasteiger partial charge in [-0.15, -0.1) is 0 Å². The Kier molecular flexibility index (Phi) is 6.69. The lowest BCUT2D eigenvalue weighted by atomic mass is 10.2. The van der Waals surface area contributed by atoms with Crippen LogP contribution in [0.3, 0.4) is 0 Å². The van der Waals surface area contributed by atoms with E-state index < -0.39 is 5.91 Å². The van der Waals surface area contributed by atoms with Crippen molar-refractivity contribution in [3.05, 3.63) is 98.8 Å². The average Bonchev–Trinajstić information content (AvgIpc) is 3.36. The van der Waals surface area contributed by atoms with E-state index in [1.54, 1.807) is 47.3 Å². The van der Waals surface area contributed by atoms with Crippen LogP contribution in [0.4, 0.5) is 10.2 Å². The van der Waals surface area contributed by atoms with Gasteiger partial charge in [0.1, 0.15) is 29.0 Å². The van der Waals surface area contributed by atoms with Crippen molar-refractivity contribution >= 4 is 46.5 Å². The van der Waals surface area contributed by atoms with Gasteiger partial charge in [0.2, 0.25) is 0 Å². The van der Waals surface area contributed by atoms with E-state index >= 15 is 0 Å². The van der Waals surface area contributed by atoms with Crippen LogP contribution in [-0.2, 0) is 13.2 Å². The van der Waals surface area contributed by atoms with Gasteiger partial charge in [0.05, 0.1) is 11.6 Å². The number of carbonyl (C=O) groups excluding carboxylic acids is 1. The number of benzene rings is 2. The number of furan rings is 1. The van der Waals surface area contributed by atoms with Crippen molar-refractivity contribution in [3.8, 4) is 5.75 Å². The third-order valence-electron chi connectivity index (χ3n) is 4.36. The van der Waals surface area contributed by atoms with Crippen LogP contribution in [0.2, 0.25) is 15.1 Å². The molecule has 0 aliphatic rings. The van der Waals surface area contributed by atoms with E-state index in [0.717, 1.165) is 5.56 Å². The number of carbonyl (C=O) groups is 1. The highest BCUT2D eigenvalue weighted by Crippen LogP contribution is 2.28. The monoisotopic (exact) mass is 493 g/mol. The Morgan fingerprint density at radius 2 is 1.84 bits per heavy atom. The molecule has 2 aromatic heterocycles. The van der Waals surface area contributed by atoms with E-state index in [-0.39, 0.29) is 29.0 Å². The average molecular weight is 495 g/mol. The highest BCUT2D eigenvalue weighted by Gasteiger charge is 2.16. The number of anilines is 1. The number of hydrogen-bond acceptors (Lipinski definition) is 4. The van der Waals surface area contributed by atoms with Crippen LogP contribution in [0.1, 0.15) is 21.9 Å². The van der Waals surface area contributed by atoms with Gasteiger partial charge in [0.25, 0.3) is 5.91 Å². The minimum Gasteiger partial charge on any atom is -0.484 e. The molecule has 0 bridgehead atoms. The summed E-state index contributed by atoms with van der Waals surface area (Å²) in [6, 6.07) is 14.0. The first-order chi connectivity index (χ1) is 15.4. The van der Waals surface area contributed by atoms with Gasteiger partial charge in [0, 0.05) is 11.2 Å². The van der Waals surface area contributed by atoms with Gasteiger partial charge >= 0.3 is 0 Å². The third-order valence-corrected chi connectivity index (χ3v) is 5.16. The molecule has 164 valence electrons. The second kappa shape index (κ2) is 9.65. The summed E-state index contributed by atoms with van der Waals surface area (Å²) in [7, 11) is 0. The van der Waals surface area contributed by atoms with Gasteiger partial charge in [-0.1, -0.05) is 46.9 Å². The van der Waals surface area contributed by atoms with Crippen LogP contribution in [0.15, 0.2) is 65.2 Å². The molecular weight excluding hydrogens is 480 g/mol. The van der Waals surface area contributed by atoms with Gasteiger partial charge in [-0.2, -0.15) is 5.10 Å². The van der Waals surface area contributed by atoms with Crippen molar-refractivity contribution < 1.29 is 18.3 Å². The molecule has 0 atom stereocenters. The van der Waals surface area contributed by atoms with E-state index in [4.69, 9.17) is 44.0 Å². The number of nitrogens with zero attached hydrogens (tertiary/aromatic N) is 2. The second-order valence-corrected chi connectivity index (χ2v) is 7.98. The summed E-state index contributed by atoms with van der Waals surface area (Å²) in [5.74, 6) is 0.274. The normalized spacial score (nSPS) is 10.9. The Balaban J connectivity index is 1.37. The smallest absolute Gasteiger partial charge is 0.292 e. The number of amides is 1. The summed E-state index contributed by atoms with van der Waals surface area (Å²) in [4.78, 5) is 12.5. The molecular formula is C22H15Cl3FN3O3. The minimum absolute atomic E-state index is 0.0648. The number of halogens is 4. The molecule has 4 aromatic rings. The molecule has 0 saturated carbocycles. The fourth-order valence-electron chi connectivity index (χ4n) is 2.83. The van der Waals surface area contributed by atoms with E-state index in [9.17, 15) is 9.18 Å². The van der Waals surface area contributed by atoms with Crippen LogP contribution in [0, 0.1) is 5.82 Å². The minimum atomic E-state index is -0.519. The summed E-state index contributed by atoms with van der Waals surface area (Å²) in [5.41, 5.74) is 0.833. The fraction of sp³-hybridized carbons (Fsp3) is 0.0909. The predicted octanol–water partition coefficient (Wildman–Crippen LogP) is 6.46. The molecule has 0 aliphatic carbocycles. The zero-order valence-corrected chi connectivity index (χ0v) is 18.6. The summed E-state index contributed by atoms with van der Waals surface area (Å²) in [6.45, 7) is 0.438.